The summed E-state index contributed by atoms with van der Waals surface area (Å²) in [7, 11) is 0. The first-order chi connectivity index (χ1) is 5.13. The number of nitrogen functional groups attached to an aromatic ring is 1. The van der Waals surface area contributed by atoms with E-state index in [1.54, 1.807) is 6.07 Å². The van der Waals surface area contributed by atoms with Gasteiger partial charge in [-0.1, -0.05) is 30.3 Å². The maximum absolute atomic E-state index is 5.90. The van der Waals surface area contributed by atoms with Crippen LogP contribution in [0.4, 0.5) is 5.69 Å². The van der Waals surface area contributed by atoms with Crippen LogP contribution in [-0.4, -0.2) is 0 Å². The highest BCUT2D eigenvalue weighted by atomic mass is 35.5. The molecule has 0 aromatic heterocycles. The summed E-state index contributed by atoms with van der Waals surface area (Å²) < 4.78 is 0. The monoisotopic (exact) mass is 167 g/mol. The van der Waals surface area contributed by atoms with Gasteiger partial charge in [-0.3, -0.25) is 0 Å². The third-order valence-corrected chi connectivity index (χ3v) is 1.91. The fourth-order valence-corrected chi connectivity index (χ4v) is 1.17. The van der Waals surface area contributed by atoms with E-state index < -0.39 is 0 Å². The highest BCUT2D eigenvalue weighted by Crippen LogP contribution is 2.27. The largest absolute Gasteiger partial charge is 0.398 e. The summed E-state index contributed by atoms with van der Waals surface area (Å²) >= 11 is 5.90. The summed E-state index contributed by atoms with van der Waals surface area (Å²) in [6.45, 7) is 5.69. The lowest BCUT2D eigenvalue weighted by atomic mass is 10.1. The van der Waals surface area contributed by atoms with Gasteiger partial charge >= 0.3 is 0 Å². The summed E-state index contributed by atoms with van der Waals surface area (Å²) in [5.74, 6) is 0. The third-order valence-electron chi connectivity index (χ3n) is 1.49. The van der Waals surface area contributed by atoms with Crippen LogP contribution in [0.15, 0.2) is 24.8 Å². The number of rotatable bonds is 1. The van der Waals surface area contributed by atoms with E-state index in [0.29, 0.717) is 10.7 Å². The number of hydrogen-bond donors (Lipinski definition) is 1. The summed E-state index contributed by atoms with van der Waals surface area (Å²) in [6, 6.07) is 5.54. The molecule has 0 unspecified atom stereocenters. The van der Waals surface area contributed by atoms with Crippen molar-refractivity contribution in [1.29, 1.82) is 0 Å². The zero-order valence-electron chi connectivity index (χ0n) is 6.39. The molecule has 2 N–H and O–H groups in total. The maximum Gasteiger partial charge on any atom is 0.0710 e. The molecular formula is C9H10ClN. The molecule has 1 aromatic rings. The van der Waals surface area contributed by atoms with Crippen molar-refractivity contribution >= 4 is 22.9 Å². The van der Waals surface area contributed by atoms with E-state index in [0.717, 1.165) is 11.1 Å². The van der Waals surface area contributed by atoms with Crippen LogP contribution in [0.25, 0.3) is 5.57 Å². The van der Waals surface area contributed by atoms with Gasteiger partial charge in [0.05, 0.1) is 10.7 Å². The second-order valence-corrected chi connectivity index (χ2v) is 2.87. The van der Waals surface area contributed by atoms with E-state index >= 15 is 0 Å². The van der Waals surface area contributed by atoms with E-state index in [9.17, 15) is 0 Å². The molecule has 0 heterocycles. The quantitative estimate of drug-likeness (QED) is 0.640. The van der Waals surface area contributed by atoms with Crippen molar-refractivity contribution in [3.05, 3.63) is 35.4 Å². The normalized spacial score (nSPS) is 9.64. The van der Waals surface area contributed by atoms with Gasteiger partial charge < -0.3 is 5.73 Å². The molecule has 0 aliphatic rings. The van der Waals surface area contributed by atoms with Crippen LogP contribution in [0.1, 0.15) is 12.5 Å². The fourth-order valence-electron chi connectivity index (χ4n) is 0.879. The van der Waals surface area contributed by atoms with E-state index in [-0.39, 0.29) is 0 Å². The standard InChI is InChI=1S/C9H10ClN/c1-6(2)7-4-3-5-8(11)9(7)10/h3-5H,1,11H2,2H3. The van der Waals surface area contributed by atoms with Crippen LogP contribution < -0.4 is 5.73 Å². The highest BCUT2D eigenvalue weighted by molar-refractivity contribution is 6.34. The molecule has 0 saturated carbocycles. The molecule has 0 bridgehead atoms. The van der Waals surface area contributed by atoms with E-state index in [1.807, 2.05) is 19.1 Å². The lowest BCUT2D eigenvalue weighted by Gasteiger charge is -2.04. The average molecular weight is 168 g/mol. The molecule has 0 aliphatic carbocycles. The van der Waals surface area contributed by atoms with Gasteiger partial charge in [0.2, 0.25) is 0 Å². The molecule has 0 amide bonds. The van der Waals surface area contributed by atoms with Crippen LogP contribution in [0.5, 0.6) is 0 Å². The van der Waals surface area contributed by atoms with Gasteiger partial charge in [0.25, 0.3) is 0 Å². The Kier molecular flexibility index (Phi) is 2.20. The van der Waals surface area contributed by atoms with E-state index in [1.165, 1.54) is 0 Å². The Hall–Kier alpha value is -0.950. The molecular weight excluding hydrogens is 158 g/mol. The molecule has 0 fully saturated rings. The van der Waals surface area contributed by atoms with Crippen LogP contribution >= 0.6 is 11.6 Å². The van der Waals surface area contributed by atoms with Crippen molar-refractivity contribution in [3.8, 4) is 0 Å². The van der Waals surface area contributed by atoms with Gasteiger partial charge in [0.1, 0.15) is 0 Å². The first kappa shape index (κ1) is 8.15. The third kappa shape index (κ3) is 1.55. The zero-order chi connectivity index (χ0) is 8.43. The zero-order valence-corrected chi connectivity index (χ0v) is 7.15. The van der Waals surface area contributed by atoms with Gasteiger partial charge in [-0.05, 0) is 24.1 Å². The predicted molar refractivity (Wildman–Crippen MR) is 50.6 cm³/mol. The van der Waals surface area contributed by atoms with Gasteiger partial charge in [0.15, 0.2) is 0 Å². The minimum absolute atomic E-state index is 0.597. The minimum atomic E-state index is 0.597. The maximum atomic E-state index is 5.90. The smallest absolute Gasteiger partial charge is 0.0710 e. The van der Waals surface area contributed by atoms with Crippen LogP contribution in [0, 0.1) is 0 Å². The molecule has 11 heavy (non-hydrogen) atoms. The predicted octanol–water partition coefficient (Wildman–Crippen LogP) is 2.96. The Morgan fingerprint density at radius 2 is 2.18 bits per heavy atom. The van der Waals surface area contributed by atoms with E-state index in [2.05, 4.69) is 6.58 Å². The molecule has 0 aliphatic heterocycles. The van der Waals surface area contributed by atoms with Gasteiger partial charge in [-0.25, -0.2) is 0 Å². The van der Waals surface area contributed by atoms with Crippen molar-refractivity contribution in [2.75, 3.05) is 5.73 Å². The molecule has 1 rings (SSSR count). The lowest BCUT2D eigenvalue weighted by Crippen LogP contribution is -1.88. The summed E-state index contributed by atoms with van der Waals surface area (Å²) in [4.78, 5) is 0. The number of nitrogens with two attached hydrogens (primary N) is 1. The molecule has 1 aromatic carbocycles. The molecule has 58 valence electrons. The summed E-state index contributed by atoms with van der Waals surface area (Å²) in [5, 5.41) is 0.597. The molecule has 0 radical (unpaired) electrons. The van der Waals surface area contributed by atoms with Crippen molar-refractivity contribution in [2.45, 2.75) is 6.92 Å². The molecule has 1 nitrogen and oxygen atoms in total. The summed E-state index contributed by atoms with van der Waals surface area (Å²) in [6.07, 6.45) is 0. The number of hydrogen-bond acceptors (Lipinski definition) is 1. The van der Waals surface area contributed by atoms with Crippen molar-refractivity contribution in [1.82, 2.24) is 0 Å². The van der Waals surface area contributed by atoms with Crippen molar-refractivity contribution < 1.29 is 0 Å². The Balaban J connectivity index is 3.27. The van der Waals surface area contributed by atoms with Crippen molar-refractivity contribution in [3.63, 3.8) is 0 Å². The fraction of sp³-hybridized carbons (Fsp3) is 0.111. The van der Waals surface area contributed by atoms with Crippen LogP contribution in [0.2, 0.25) is 5.02 Å². The number of halogens is 1. The van der Waals surface area contributed by atoms with E-state index in [4.69, 9.17) is 17.3 Å². The second-order valence-electron chi connectivity index (χ2n) is 2.49. The second kappa shape index (κ2) is 2.97. The first-order valence-corrected chi connectivity index (χ1v) is 3.70. The number of benzene rings is 1. The van der Waals surface area contributed by atoms with Gasteiger partial charge in [-0.15, -0.1) is 0 Å². The molecule has 0 spiro atoms. The number of anilines is 1. The SMILES string of the molecule is C=C(C)c1cccc(N)c1Cl. The molecule has 0 saturated heterocycles. The van der Waals surface area contributed by atoms with Crippen molar-refractivity contribution in [2.24, 2.45) is 0 Å². The highest BCUT2D eigenvalue weighted by Gasteiger charge is 2.02. The summed E-state index contributed by atoms with van der Waals surface area (Å²) in [5.41, 5.74) is 8.04. The Morgan fingerprint density at radius 3 is 2.64 bits per heavy atom. The number of allylic oxidation sites excluding steroid dienone is 1. The van der Waals surface area contributed by atoms with Crippen LogP contribution in [0.3, 0.4) is 0 Å². The Morgan fingerprint density at radius 1 is 1.55 bits per heavy atom. The molecule has 2 heteroatoms. The topological polar surface area (TPSA) is 26.0 Å². The first-order valence-electron chi connectivity index (χ1n) is 3.33. The minimum Gasteiger partial charge on any atom is -0.398 e. The Bertz CT molecular complexity index is 292. The average Bonchev–Trinajstić information content (AvgIpc) is 1.94. The van der Waals surface area contributed by atoms with Crippen LogP contribution in [-0.2, 0) is 0 Å². The Labute approximate surface area is 71.5 Å². The molecule has 0 atom stereocenters. The van der Waals surface area contributed by atoms with Gasteiger partial charge in [0, 0.05) is 0 Å². The lowest BCUT2D eigenvalue weighted by molar-refractivity contribution is 1.57. The van der Waals surface area contributed by atoms with Gasteiger partial charge in [-0.2, -0.15) is 0 Å².